The largest absolute Gasteiger partial charge is 0.349 e. The summed E-state index contributed by atoms with van der Waals surface area (Å²) in [7, 11) is 0. The molecule has 3 rings (SSSR count). The van der Waals surface area contributed by atoms with Crippen LogP contribution in [0.3, 0.4) is 0 Å². The third kappa shape index (κ3) is 5.68. The lowest BCUT2D eigenvalue weighted by molar-refractivity contribution is -0.127. The monoisotopic (exact) mass is 364 g/mol. The Kier molecular flexibility index (Phi) is 6.28. The van der Waals surface area contributed by atoms with Gasteiger partial charge in [-0.2, -0.15) is 0 Å². The van der Waals surface area contributed by atoms with E-state index in [4.69, 9.17) is 0 Å². The van der Waals surface area contributed by atoms with Crippen molar-refractivity contribution in [3.63, 3.8) is 0 Å². The lowest BCUT2D eigenvalue weighted by Gasteiger charge is -2.34. The van der Waals surface area contributed by atoms with E-state index in [2.05, 4.69) is 29.7 Å². The maximum Gasteiger partial charge on any atom is 0.239 e. The van der Waals surface area contributed by atoms with Gasteiger partial charge in [0.1, 0.15) is 0 Å². The van der Waals surface area contributed by atoms with Crippen molar-refractivity contribution < 1.29 is 9.59 Å². The first-order valence-electron chi connectivity index (χ1n) is 9.76. The van der Waals surface area contributed by atoms with Gasteiger partial charge in [0, 0.05) is 5.54 Å². The highest BCUT2D eigenvalue weighted by atomic mass is 16.2. The first kappa shape index (κ1) is 19.2. The zero-order chi connectivity index (χ0) is 19.1. The topological polar surface area (TPSA) is 58.2 Å². The predicted octanol–water partition coefficient (Wildman–Crippen LogP) is 3.85. The molecule has 0 aromatic heterocycles. The number of hydrogen-bond acceptors (Lipinski definition) is 2. The summed E-state index contributed by atoms with van der Waals surface area (Å²) in [6.07, 6.45) is 5.86. The van der Waals surface area contributed by atoms with Crippen LogP contribution in [0.25, 0.3) is 11.1 Å². The van der Waals surface area contributed by atoms with E-state index in [9.17, 15) is 9.59 Å². The molecule has 0 spiro atoms. The Hall–Kier alpha value is -2.62. The van der Waals surface area contributed by atoms with Crippen molar-refractivity contribution in [2.24, 2.45) is 0 Å². The third-order valence-electron chi connectivity index (χ3n) is 5.27. The molecule has 2 aromatic rings. The van der Waals surface area contributed by atoms with Gasteiger partial charge in [0.25, 0.3) is 0 Å². The number of carbonyl (C=O) groups excluding carboxylic acids is 2. The van der Waals surface area contributed by atoms with Gasteiger partial charge in [0.15, 0.2) is 0 Å². The molecule has 1 aliphatic rings. The number of rotatable bonds is 6. The van der Waals surface area contributed by atoms with Crippen LogP contribution < -0.4 is 10.6 Å². The van der Waals surface area contributed by atoms with Gasteiger partial charge in [0.05, 0.1) is 13.0 Å². The molecule has 0 unspecified atom stereocenters. The first-order valence-corrected chi connectivity index (χ1v) is 9.76. The van der Waals surface area contributed by atoms with Crippen molar-refractivity contribution in [1.29, 1.82) is 0 Å². The lowest BCUT2D eigenvalue weighted by atomic mass is 9.83. The average Bonchev–Trinajstić information content (AvgIpc) is 2.68. The molecule has 0 aliphatic heterocycles. The average molecular weight is 364 g/mol. The molecule has 0 atom stereocenters. The number of carbonyl (C=O) groups is 2. The Morgan fingerprint density at radius 2 is 1.48 bits per heavy atom. The molecule has 0 bridgehead atoms. The molecule has 4 nitrogen and oxygen atoms in total. The predicted molar refractivity (Wildman–Crippen MR) is 108 cm³/mol. The minimum atomic E-state index is -0.133. The van der Waals surface area contributed by atoms with Gasteiger partial charge >= 0.3 is 0 Å². The highest BCUT2D eigenvalue weighted by Crippen LogP contribution is 2.27. The van der Waals surface area contributed by atoms with Gasteiger partial charge in [-0.15, -0.1) is 0 Å². The standard InChI is InChI=1S/C23H28N2O2/c1-23(14-6-3-7-15-23)25-22(27)17-24-21(26)16-18-10-12-20(13-11-18)19-8-4-2-5-9-19/h2,4-5,8-13H,3,6-7,14-17H2,1H3,(H,24,26)(H,25,27). The van der Waals surface area contributed by atoms with E-state index >= 15 is 0 Å². The molecule has 142 valence electrons. The van der Waals surface area contributed by atoms with Crippen molar-refractivity contribution in [3.8, 4) is 11.1 Å². The third-order valence-corrected chi connectivity index (χ3v) is 5.27. The molecule has 1 saturated carbocycles. The maximum absolute atomic E-state index is 12.2. The smallest absolute Gasteiger partial charge is 0.239 e. The SMILES string of the molecule is CC1(NC(=O)CNC(=O)Cc2ccc(-c3ccccc3)cc2)CCCCC1. The Bertz CT molecular complexity index is 763. The van der Waals surface area contributed by atoms with Crippen LogP contribution in [0, 0.1) is 0 Å². The second-order valence-electron chi connectivity index (χ2n) is 7.69. The summed E-state index contributed by atoms with van der Waals surface area (Å²) in [5.41, 5.74) is 3.10. The van der Waals surface area contributed by atoms with Crippen LogP contribution in [0.15, 0.2) is 54.6 Å². The van der Waals surface area contributed by atoms with Gasteiger partial charge in [0.2, 0.25) is 11.8 Å². The van der Waals surface area contributed by atoms with E-state index in [-0.39, 0.29) is 30.3 Å². The molecule has 2 amide bonds. The number of nitrogens with one attached hydrogen (secondary N) is 2. The fourth-order valence-electron chi connectivity index (χ4n) is 3.71. The van der Waals surface area contributed by atoms with E-state index in [1.807, 2.05) is 42.5 Å². The van der Waals surface area contributed by atoms with Crippen LogP contribution in [0.5, 0.6) is 0 Å². The van der Waals surface area contributed by atoms with Crippen molar-refractivity contribution in [2.45, 2.75) is 51.0 Å². The molecule has 2 aromatic carbocycles. The van der Waals surface area contributed by atoms with Crippen molar-refractivity contribution in [2.75, 3.05) is 6.54 Å². The van der Waals surface area contributed by atoms with Crippen molar-refractivity contribution in [3.05, 3.63) is 60.2 Å². The molecule has 0 heterocycles. The van der Waals surface area contributed by atoms with Crippen LogP contribution in [0.2, 0.25) is 0 Å². The molecule has 0 radical (unpaired) electrons. The summed E-state index contributed by atoms with van der Waals surface area (Å²) < 4.78 is 0. The van der Waals surface area contributed by atoms with Crippen LogP contribution in [0.4, 0.5) is 0 Å². The van der Waals surface area contributed by atoms with Crippen LogP contribution in [-0.4, -0.2) is 23.9 Å². The van der Waals surface area contributed by atoms with Gasteiger partial charge in [-0.05, 0) is 36.5 Å². The minimum Gasteiger partial charge on any atom is -0.349 e. The Morgan fingerprint density at radius 1 is 0.852 bits per heavy atom. The molecule has 2 N–H and O–H groups in total. The summed E-state index contributed by atoms with van der Waals surface area (Å²) in [6.45, 7) is 2.14. The highest BCUT2D eigenvalue weighted by Gasteiger charge is 2.28. The van der Waals surface area contributed by atoms with Gasteiger partial charge in [-0.1, -0.05) is 73.9 Å². The van der Waals surface area contributed by atoms with Gasteiger partial charge in [-0.3, -0.25) is 9.59 Å². The molecule has 0 saturated heterocycles. The second kappa shape index (κ2) is 8.85. The normalized spacial score (nSPS) is 15.7. The number of benzene rings is 2. The highest BCUT2D eigenvalue weighted by molar-refractivity contribution is 5.86. The fraction of sp³-hybridized carbons (Fsp3) is 0.391. The summed E-state index contributed by atoms with van der Waals surface area (Å²) in [5, 5.41) is 5.82. The summed E-state index contributed by atoms with van der Waals surface area (Å²) >= 11 is 0. The Labute approximate surface area is 161 Å². The molecule has 1 fully saturated rings. The summed E-state index contributed by atoms with van der Waals surface area (Å²) in [4.78, 5) is 24.3. The zero-order valence-electron chi connectivity index (χ0n) is 16.0. The van der Waals surface area contributed by atoms with Crippen LogP contribution in [-0.2, 0) is 16.0 Å². The van der Waals surface area contributed by atoms with Crippen molar-refractivity contribution >= 4 is 11.8 Å². The lowest BCUT2D eigenvalue weighted by Crippen LogP contribution is -2.50. The first-order chi connectivity index (χ1) is 13.0. The summed E-state index contributed by atoms with van der Waals surface area (Å²) in [5.74, 6) is -0.237. The van der Waals surface area contributed by atoms with E-state index in [1.165, 1.54) is 6.42 Å². The summed E-state index contributed by atoms with van der Waals surface area (Å²) in [6, 6.07) is 18.1. The Balaban J connectivity index is 1.45. The molecular formula is C23H28N2O2. The quantitative estimate of drug-likeness (QED) is 0.818. The number of hydrogen-bond donors (Lipinski definition) is 2. The molecule has 1 aliphatic carbocycles. The van der Waals surface area contributed by atoms with Gasteiger partial charge in [-0.25, -0.2) is 0 Å². The van der Waals surface area contributed by atoms with Gasteiger partial charge < -0.3 is 10.6 Å². The molecular weight excluding hydrogens is 336 g/mol. The van der Waals surface area contributed by atoms with Crippen LogP contribution >= 0.6 is 0 Å². The van der Waals surface area contributed by atoms with E-state index in [0.29, 0.717) is 0 Å². The molecule has 4 heteroatoms. The van der Waals surface area contributed by atoms with Crippen molar-refractivity contribution in [1.82, 2.24) is 10.6 Å². The Morgan fingerprint density at radius 3 is 2.15 bits per heavy atom. The minimum absolute atomic E-state index is 0.0382. The molecule has 27 heavy (non-hydrogen) atoms. The van der Waals surface area contributed by atoms with Crippen LogP contribution in [0.1, 0.15) is 44.6 Å². The zero-order valence-corrected chi connectivity index (χ0v) is 16.0. The van der Waals surface area contributed by atoms with E-state index < -0.39 is 0 Å². The fourth-order valence-corrected chi connectivity index (χ4v) is 3.71. The second-order valence-corrected chi connectivity index (χ2v) is 7.69. The number of amides is 2. The van der Waals surface area contributed by atoms with E-state index in [1.54, 1.807) is 0 Å². The maximum atomic E-state index is 12.2. The van der Waals surface area contributed by atoms with E-state index in [0.717, 1.165) is 42.4 Å².